The largest absolute Gasteiger partial charge is 0.481 e. The van der Waals surface area contributed by atoms with E-state index in [0.717, 1.165) is 0 Å². The number of carbonyl (C=O) groups is 2. The van der Waals surface area contributed by atoms with Crippen LogP contribution in [0, 0.1) is 4.77 Å². The van der Waals surface area contributed by atoms with Crippen molar-refractivity contribution < 1.29 is 14.7 Å². The van der Waals surface area contributed by atoms with Gasteiger partial charge in [-0.15, -0.1) is 0 Å². The highest BCUT2D eigenvalue weighted by Gasteiger charge is 2.08. The maximum absolute atomic E-state index is 11.4. The highest BCUT2D eigenvalue weighted by molar-refractivity contribution is 7.71. The van der Waals surface area contributed by atoms with E-state index < -0.39 is 11.9 Å². The Morgan fingerprint density at radius 3 is 2.89 bits per heavy atom. The summed E-state index contributed by atoms with van der Waals surface area (Å²) >= 11 is 4.88. The van der Waals surface area contributed by atoms with Crippen molar-refractivity contribution in [3.05, 3.63) is 11.0 Å². The molecule has 0 bridgehead atoms. The fraction of sp³-hybridized carbons (Fsp3) is 0.222. The standard InChI is InChI=1S/C9H9N5O3S/c15-5(1-2-6(16)17)12-8-10-3-4-7(13-8)14-9(18)11-4/h3H,1-2H2,(H,16,17)(H3,10,11,12,13,14,15,18). The molecule has 0 aliphatic rings. The Labute approximate surface area is 105 Å². The number of rotatable bonds is 4. The van der Waals surface area contributed by atoms with Gasteiger partial charge in [-0.1, -0.05) is 0 Å². The van der Waals surface area contributed by atoms with Crippen LogP contribution in [-0.4, -0.2) is 36.9 Å². The third-order valence-electron chi connectivity index (χ3n) is 2.09. The lowest BCUT2D eigenvalue weighted by atomic mass is 10.3. The number of carbonyl (C=O) groups excluding carboxylic acids is 1. The number of aliphatic carboxylic acids is 1. The summed E-state index contributed by atoms with van der Waals surface area (Å²) in [4.78, 5) is 35.2. The van der Waals surface area contributed by atoms with Gasteiger partial charge in [-0.25, -0.2) is 4.98 Å². The average Bonchev–Trinajstić information content (AvgIpc) is 2.66. The SMILES string of the molecule is O=C(O)CCC(=O)Nc1ncc2[nH]c(=S)[nH]c2n1. The molecule has 0 atom stereocenters. The maximum Gasteiger partial charge on any atom is 0.303 e. The smallest absolute Gasteiger partial charge is 0.303 e. The van der Waals surface area contributed by atoms with Gasteiger partial charge in [-0.3, -0.25) is 14.9 Å². The molecule has 0 aliphatic carbocycles. The molecule has 0 aliphatic heterocycles. The summed E-state index contributed by atoms with van der Waals surface area (Å²) in [5, 5.41) is 10.8. The van der Waals surface area contributed by atoms with E-state index in [0.29, 0.717) is 15.9 Å². The third kappa shape index (κ3) is 2.88. The second-order valence-electron chi connectivity index (χ2n) is 3.48. The molecule has 2 aromatic rings. The van der Waals surface area contributed by atoms with Gasteiger partial charge in [0.1, 0.15) is 5.52 Å². The van der Waals surface area contributed by atoms with E-state index in [1.165, 1.54) is 6.20 Å². The van der Waals surface area contributed by atoms with E-state index in [-0.39, 0.29) is 18.8 Å². The molecule has 4 N–H and O–H groups in total. The number of H-pyrrole nitrogens is 2. The van der Waals surface area contributed by atoms with Gasteiger partial charge >= 0.3 is 5.97 Å². The highest BCUT2D eigenvalue weighted by Crippen LogP contribution is 2.08. The van der Waals surface area contributed by atoms with Gasteiger partial charge < -0.3 is 15.1 Å². The summed E-state index contributed by atoms with van der Waals surface area (Å²) in [7, 11) is 0. The number of amides is 1. The van der Waals surface area contributed by atoms with Gasteiger partial charge in [0.15, 0.2) is 10.4 Å². The van der Waals surface area contributed by atoms with E-state index >= 15 is 0 Å². The molecule has 94 valence electrons. The van der Waals surface area contributed by atoms with Crippen LogP contribution < -0.4 is 5.32 Å². The van der Waals surface area contributed by atoms with Crippen molar-refractivity contribution in [2.24, 2.45) is 0 Å². The van der Waals surface area contributed by atoms with Gasteiger partial charge in [0.05, 0.1) is 12.6 Å². The highest BCUT2D eigenvalue weighted by atomic mass is 32.1. The molecule has 8 nitrogen and oxygen atoms in total. The number of aromatic amines is 2. The van der Waals surface area contributed by atoms with E-state index in [2.05, 4.69) is 25.3 Å². The number of anilines is 1. The van der Waals surface area contributed by atoms with Crippen LogP contribution in [0.1, 0.15) is 12.8 Å². The van der Waals surface area contributed by atoms with Crippen molar-refractivity contribution in [3.8, 4) is 0 Å². The summed E-state index contributed by atoms with van der Waals surface area (Å²) in [5.41, 5.74) is 1.10. The molecule has 18 heavy (non-hydrogen) atoms. The van der Waals surface area contributed by atoms with Gasteiger partial charge in [-0.2, -0.15) is 4.98 Å². The molecule has 0 radical (unpaired) electrons. The van der Waals surface area contributed by atoms with Crippen molar-refractivity contribution in [1.82, 2.24) is 19.9 Å². The molecule has 9 heteroatoms. The van der Waals surface area contributed by atoms with Crippen LogP contribution >= 0.6 is 12.2 Å². The quantitative estimate of drug-likeness (QED) is 0.608. The summed E-state index contributed by atoms with van der Waals surface area (Å²) < 4.78 is 0.411. The minimum absolute atomic E-state index is 0.100. The van der Waals surface area contributed by atoms with Crippen LogP contribution in [0.15, 0.2) is 6.20 Å². The fourth-order valence-corrected chi connectivity index (χ4v) is 1.50. The van der Waals surface area contributed by atoms with Gasteiger partial charge in [-0.05, 0) is 12.2 Å². The number of hydrogen-bond donors (Lipinski definition) is 4. The lowest BCUT2D eigenvalue weighted by Crippen LogP contribution is -2.15. The molecular weight excluding hydrogens is 258 g/mol. The Morgan fingerprint density at radius 2 is 2.17 bits per heavy atom. The number of nitrogens with zero attached hydrogens (tertiary/aromatic N) is 2. The predicted octanol–water partition coefficient (Wildman–Crippen LogP) is 0.819. The first kappa shape index (κ1) is 12.2. The molecule has 2 rings (SSSR count). The topological polar surface area (TPSA) is 124 Å². The molecule has 0 unspecified atom stereocenters. The minimum Gasteiger partial charge on any atom is -0.481 e. The molecular formula is C9H9N5O3S. The molecule has 0 spiro atoms. The normalized spacial score (nSPS) is 10.4. The van der Waals surface area contributed by atoms with Crippen molar-refractivity contribution in [3.63, 3.8) is 0 Å². The first-order chi connectivity index (χ1) is 8.54. The van der Waals surface area contributed by atoms with E-state index in [4.69, 9.17) is 17.3 Å². The Balaban J connectivity index is 2.09. The monoisotopic (exact) mass is 267 g/mol. The summed E-state index contributed by atoms with van der Waals surface area (Å²) in [6.07, 6.45) is 1.11. The van der Waals surface area contributed by atoms with Crippen molar-refractivity contribution in [1.29, 1.82) is 0 Å². The third-order valence-corrected chi connectivity index (χ3v) is 2.29. The van der Waals surface area contributed by atoms with Crippen LogP contribution in [-0.2, 0) is 9.59 Å². The molecule has 0 saturated heterocycles. The van der Waals surface area contributed by atoms with Crippen molar-refractivity contribution in [2.75, 3.05) is 5.32 Å². The van der Waals surface area contributed by atoms with Crippen LogP contribution in [0.2, 0.25) is 0 Å². The van der Waals surface area contributed by atoms with Gasteiger partial charge in [0.2, 0.25) is 11.9 Å². The van der Waals surface area contributed by atoms with E-state index in [1.54, 1.807) is 0 Å². The van der Waals surface area contributed by atoms with E-state index in [1.807, 2.05) is 0 Å². The van der Waals surface area contributed by atoms with Gasteiger partial charge in [0, 0.05) is 6.42 Å². The molecule has 0 fully saturated rings. The second-order valence-corrected chi connectivity index (χ2v) is 3.89. The number of nitrogens with one attached hydrogen (secondary N) is 3. The molecule has 0 aromatic carbocycles. The summed E-state index contributed by atoms with van der Waals surface area (Å²) in [5.74, 6) is -1.38. The molecule has 2 heterocycles. The van der Waals surface area contributed by atoms with Crippen molar-refractivity contribution in [2.45, 2.75) is 12.8 Å². The zero-order chi connectivity index (χ0) is 13.1. The minimum atomic E-state index is -1.03. The zero-order valence-corrected chi connectivity index (χ0v) is 9.87. The first-order valence-electron chi connectivity index (χ1n) is 5.01. The Bertz CT molecular complexity index is 662. The van der Waals surface area contributed by atoms with Crippen LogP contribution in [0.4, 0.5) is 5.95 Å². The average molecular weight is 267 g/mol. The molecule has 1 amide bonds. The van der Waals surface area contributed by atoms with Crippen molar-refractivity contribution >= 4 is 41.2 Å². The predicted molar refractivity (Wildman–Crippen MR) is 64.6 cm³/mol. The number of hydrogen-bond acceptors (Lipinski definition) is 5. The van der Waals surface area contributed by atoms with E-state index in [9.17, 15) is 9.59 Å². The first-order valence-corrected chi connectivity index (χ1v) is 5.42. The van der Waals surface area contributed by atoms with Gasteiger partial charge in [0.25, 0.3) is 0 Å². The number of carboxylic acids is 1. The number of fused-ring (bicyclic) bond motifs is 1. The Morgan fingerprint density at radius 1 is 1.39 bits per heavy atom. The number of aromatic nitrogens is 4. The second kappa shape index (κ2) is 4.92. The summed E-state index contributed by atoms with van der Waals surface area (Å²) in [6, 6.07) is 0. The van der Waals surface area contributed by atoms with Crippen LogP contribution in [0.5, 0.6) is 0 Å². The maximum atomic E-state index is 11.4. The molecule has 0 saturated carbocycles. The Kier molecular flexibility index (Phi) is 3.33. The summed E-state index contributed by atoms with van der Waals surface area (Å²) in [6.45, 7) is 0. The van der Waals surface area contributed by atoms with Crippen LogP contribution in [0.25, 0.3) is 11.2 Å². The Hall–Kier alpha value is -2.29. The lowest BCUT2D eigenvalue weighted by Gasteiger charge is -2.01. The fourth-order valence-electron chi connectivity index (χ4n) is 1.30. The number of carboxylic acid groups (broad SMARTS) is 1. The lowest BCUT2D eigenvalue weighted by molar-refractivity contribution is -0.138. The van der Waals surface area contributed by atoms with Crippen LogP contribution in [0.3, 0.4) is 0 Å². The zero-order valence-electron chi connectivity index (χ0n) is 9.06. The number of imidazole rings is 1. The molecule has 2 aromatic heterocycles.